The van der Waals surface area contributed by atoms with E-state index in [9.17, 15) is 14.0 Å². The van der Waals surface area contributed by atoms with E-state index in [0.717, 1.165) is 0 Å². The molecule has 0 aromatic carbocycles. The molecule has 8 heteroatoms. The Morgan fingerprint density at radius 2 is 1.92 bits per heavy atom. The third kappa shape index (κ3) is 2.00. The summed E-state index contributed by atoms with van der Waals surface area (Å²) in [5.41, 5.74) is 1.37. The van der Waals surface area contributed by atoms with Gasteiger partial charge in [-0.15, -0.1) is 0 Å². The lowest BCUT2D eigenvalue weighted by Crippen LogP contribution is -2.22. The second-order valence-corrected chi connectivity index (χ2v) is 5.13. The third-order valence-corrected chi connectivity index (χ3v) is 3.78. The van der Waals surface area contributed by atoms with E-state index in [0.29, 0.717) is 16.6 Å². The minimum Gasteiger partial charge on any atom is -0.303 e. The molecule has 0 saturated heterocycles. The average Bonchev–Trinajstić information content (AvgIpc) is 3.12. The fraction of sp³-hybridized carbons (Fsp3) is 0.0625. The van der Waals surface area contributed by atoms with Gasteiger partial charge in [0.2, 0.25) is 0 Å². The molecule has 1 N–H and O–H groups in total. The number of imide groups is 1. The molecule has 2 amide bonds. The van der Waals surface area contributed by atoms with Crippen molar-refractivity contribution < 1.29 is 14.0 Å². The van der Waals surface area contributed by atoms with Gasteiger partial charge in [0.05, 0.1) is 23.0 Å². The maximum atomic E-state index is 13.3. The van der Waals surface area contributed by atoms with Crippen molar-refractivity contribution in [2.75, 3.05) is 0 Å². The number of alkyl halides is 1. The number of pyridine rings is 1. The average molecular weight is 322 g/mol. The minimum absolute atomic E-state index is 0.120. The Kier molecular flexibility index (Phi) is 3.16. The van der Waals surface area contributed by atoms with Crippen LogP contribution in [0.4, 0.5) is 4.39 Å². The summed E-state index contributed by atoms with van der Waals surface area (Å²) < 4.78 is 14.5. The quantitative estimate of drug-likeness (QED) is 0.735. The van der Waals surface area contributed by atoms with Gasteiger partial charge in [-0.2, -0.15) is 0 Å². The van der Waals surface area contributed by atoms with Crippen LogP contribution in [0.15, 0.2) is 43.1 Å². The zero-order chi connectivity index (χ0) is 16.7. The van der Waals surface area contributed by atoms with Crippen LogP contribution in [-0.4, -0.2) is 31.3 Å². The van der Waals surface area contributed by atoms with Gasteiger partial charge in [0.15, 0.2) is 6.80 Å². The highest BCUT2D eigenvalue weighted by atomic mass is 18.2. The van der Waals surface area contributed by atoms with E-state index in [-0.39, 0.29) is 16.8 Å². The molecule has 4 heterocycles. The predicted octanol–water partition coefficient (Wildman–Crippen LogP) is 1.32. The lowest BCUT2D eigenvalue weighted by atomic mass is 10.00. The Hall–Kier alpha value is -3.42. The van der Waals surface area contributed by atoms with Gasteiger partial charge in [0.25, 0.3) is 11.8 Å². The van der Waals surface area contributed by atoms with E-state index in [1.165, 1.54) is 35.6 Å². The Morgan fingerprint density at radius 1 is 1.08 bits per heavy atom. The molecule has 0 saturated carbocycles. The molecule has 1 aliphatic rings. The van der Waals surface area contributed by atoms with E-state index in [4.69, 9.17) is 0 Å². The van der Waals surface area contributed by atoms with Crippen LogP contribution in [-0.2, 0) is 16.4 Å². The van der Waals surface area contributed by atoms with Gasteiger partial charge in [0, 0.05) is 35.7 Å². The predicted molar refractivity (Wildman–Crippen MR) is 82.8 cm³/mol. The zero-order valence-corrected chi connectivity index (χ0v) is 12.2. The monoisotopic (exact) mass is 322 g/mol. The highest BCUT2D eigenvalue weighted by Crippen LogP contribution is 2.34. The van der Waals surface area contributed by atoms with Gasteiger partial charge in [-0.25, -0.2) is 9.37 Å². The molecule has 3 aromatic heterocycles. The smallest absolute Gasteiger partial charge is 0.261 e. The first-order chi connectivity index (χ1) is 11.7. The highest BCUT2D eigenvalue weighted by Gasteiger charge is 2.34. The van der Waals surface area contributed by atoms with Crippen molar-refractivity contribution in [2.45, 2.75) is 6.80 Å². The standard InChI is InChI=1S/C16H10FN5O2/c17-8-22-7-10(9-2-1-3-20-14(9)22)12-13(16(24)21-15(12)23)11-6-18-4-5-19-11/h1-7H,8H2,(H,21,23,24)/i17-1. The normalized spacial score (nSPS) is 14.5. The van der Waals surface area contributed by atoms with Crippen LogP contribution in [0.25, 0.3) is 22.2 Å². The first kappa shape index (κ1) is 14.2. The van der Waals surface area contributed by atoms with Crippen molar-refractivity contribution >= 4 is 34.0 Å². The van der Waals surface area contributed by atoms with Gasteiger partial charge in [-0.1, -0.05) is 0 Å². The molecule has 3 aromatic rings. The van der Waals surface area contributed by atoms with Crippen LogP contribution in [0, 0.1) is 0 Å². The number of nitrogens with zero attached hydrogens (tertiary/aromatic N) is 4. The van der Waals surface area contributed by atoms with Gasteiger partial charge in [0.1, 0.15) is 5.65 Å². The zero-order valence-electron chi connectivity index (χ0n) is 12.2. The molecule has 0 aliphatic carbocycles. The summed E-state index contributed by atoms with van der Waals surface area (Å²) in [5, 5.41) is 2.84. The lowest BCUT2D eigenvalue weighted by Gasteiger charge is -2.02. The van der Waals surface area contributed by atoms with Crippen LogP contribution >= 0.6 is 0 Å². The molecule has 0 atom stereocenters. The molecule has 7 nitrogen and oxygen atoms in total. The van der Waals surface area contributed by atoms with Gasteiger partial charge in [-0.05, 0) is 12.1 Å². The van der Waals surface area contributed by atoms with Crippen LogP contribution in [0.1, 0.15) is 11.3 Å². The van der Waals surface area contributed by atoms with Crippen LogP contribution in [0.2, 0.25) is 0 Å². The summed E-state index contributed by atoms with van der Waals surface area (Å²) in [4.78, 5) is 36.8. The fourth-order valence-corrected chi connectivity index (χ4v) is 2.80. The van der Waals surface area contributed by atoms with Crippen molar-refractivity contribution in [3.05, 3.63) is 54.4 Å². The fourth-order valence-electron chi connectivity index (χ4n) is 2.80. The molecular formula is C16H10FN5O2. The summed E-state index contributed by atoms with van der Waals surface area (Å²) in [7, 11) is 0. The number of fused-ring (bicyclic) bond motifs is 1. The SMILES string of the molecule is O=C1NC(=O)C(c2cn(C[18F])c3ncccc23)=C1c1cnccn1. The molecular weight excluding hydrogens is 312 g/mol. The number of carbonyl (C=O) groups excluding carboxylic acids is 2. The van der Waals surface area contributed by atoms with Gasteiger partial charge >= 0.3 is 0 Å². The summed E-state index contributed by atoms with van der Waals surface area (Å²) >= 11 is 0. The van der Waals surface area contributed by atoms with Crippen molar-refractivity contribution in [3.8, 4) is 0 Å². The summed E-state index contributed by atoms with van der Waals surface area (Å²) in [6.07, 6.45) is 7.32. The number of nitrogens with one attached hydrogen (secondary N) is 1. The first-order valence-electron chi connectivity index (χ1n) is 7.07. The summed E-state index contributed by atoms with van der Waals surface area (Å²) in [5.74, 6) is -1.11. The molecule has 0 bridgehead atoms. The molecule has 0 radical (unpaired) electrons. The number of aromatic nitrogens is 4. The summed E-state index contributed by atoms with van der Waals surface area (Å²) in [6, 6.07) is 3.41. The Balaban J connectivity index is 2.05. The van der Waals surface area contributed by atoms with Crippen LogP contribution in [0.5, 0.6) is 0 Å². The highest BCUT2D eigenvalue weighted by molar-refractivity contribution is 6.49. The first-order valence-corrected chi connectivity index (χ1v) is 7.07. The molecule has 118 valence electrons. The second kappa shape index (κ2) is 5.34. The summed E-state index contributed by atoms with van der Waals surface area (Å²) in [6.45, 7) is -0.795. The number of rotatable bonds is 3. The van der Waals surface area contributed by atoms with E-state index >= 15 is 0 Å². The number of hydrogen-bond acceptors (Lipinski definition) is 5. The Labute approximate surface area is 134 Å². The van der Waals surface area contributed by atoms with E-state index in [1.807, 2.05) is 0 Å². The third-order valence-electron chi connectivity index (χ3n) is 3.78. The molecule has 24 heavy (non-hydrogen) atoms. The maximum Gasteiger partial charge on any atom is 0.261 e. The number of amides is 2. The topological polar surface area (TPSA) is 89.8 Å². The number of halogens is 1. The molecule has 1 aliphatic heterocycles. The van der Waals surface area contributed by atoms with Crippen molar-refractivity contribution in [2.24, 2.45) is 0 Å². The van der Waals surface area contributed by atoms with Gasteiger partial charge < -0.3 is 4.57 Å². The molecule has 0 unspecified atom stereocenters. The van der Waals surface area contributed by atoms with Crippen molar-refractivity contribution in [1.29, 1.82) is 0 Å². The van der Waals surface area contributed by atoms with Crippen LogP contribution in [0.3, 0.4) is 0 Å². The number of hydrogen-bond donors (Lipinski definition) is 1. The Morgan fingerprint density at radius 3 is 2.67 bits per heavy atom. The van der Waals surface area contributed by atoms with E-state index < -0.39 is 18.6 Å². The molecule has 0 spiro atoms. The molecule has 4 rings (SSSR count). The van der Waals surface area contributed by atoms with Crippen LogP contribution < -0.4 is 5.32 Å². The van der Waals surface area contributed by atoms with Crippen molar-refractivity contribution in [1.82, 2.24) is 24.8 Å². The van der Waals surface area contributed by atoms with E-state index in [1.54, 1.807) is 12.1 Å². The lowest BCUT2D eigenvalue weighted by molar-refractivity contribution is -0.122. The second-order valence-electron chi connectivity index (χ2n) is 5.13. The Bertz CT molecular complexity index is 1010. The number of carbonyl (C=O) groups is 2. The molecule has 0 fully saturated rings. The van der Waals surface area contributed by atoms with Gasteiger partial charge in [-0.3, -0.25) is 24.9 Å². The minimum atomic E-state index is -0.795. The van der Waals surface area contributed by atoms with E-state index in [2.05, 4.69) is 20.3 Å². The van der Waals surface area contributed by atoms with Crippen molar-refractivity contribution in [3.63, 3.8) is 0 Å². The largest absolute Gasteiger partial charge is 0.303 e. The maximum absolute atomic E-state index is 13.3.